The molecule has 0 saturated carbocycles. The normalized spacial score (nSPS) is 13.9. The van der Waals surface area contributed by atoms with E-state index in [2.05, 4.69) is 21.3 Å². The number of nitrogens with zero attached hydrogens (tertiary/aromatic N) is 2. The average molecular weight is 324 g/mol. The molecule has 1 amide bonds. The van der Waals surface area contributed by atoms with E-state index >= 15 is 0 Å². The van der Waals surface area contributed by atoms with E-state index in [0.29, 0.717) is 19.4 Å². The molecule has 0 atom stereocenters. The molecule has 0 aliphatic carbocycles. The van der Waals surface area contributed by atoms with Gasteiger partial charge in [0.05, 0.1) is 0 Å². The van der Waals surface area contributed by atoms with E-state index in [0.717, 1.165) is 35.7 Å². The smallest absolute Gasteiger partial charge is 0.220 e. The molecule has 24 heavy (non-hydrogen) atoms. The van der Waals surface area contributed by atoms with Crippen LogP contribution in [0.1, 0.15) is 30.4 Å². The molecule has 0 radical (unpaired) electrons. The monoisotopic (exact) mass is 324 g/mol. The SMILES string of the molecule is Nc1ccccc1CCC(=O)NCc1ccnc(N2CCCC2)c1. The van der Waals surface area contributed by atoms with Gasteiger partial charge in [0, 0.05) is 37.9 Å². The van der Waals surface area contributed by atoms with Gasteiger partial charge < -0.3 is 16.0 Å². The van der Waals surface area contributed by atoms with Crippen molar-refractivity contribution < 1.29 is 4.79 Å². The van der Waals surface area contributed by atoms with Gasteiger partial charge in [0.2, 0.25) is 5.91 Å². The molecule has 5 nitrogen and oxygen atoms in total. The van der Waals surface area contributed by atoms with Crippen LogP contribution in [-0.4, -0.2) is 24.0 Å². The number of aromatic nitrogens is 1. The van der Waals surface area contributed by atoms with Gasteiger partial charge in [-0.2, -0.15) is 0 Å². The summed E-state index contributed by atoms with van der Waals surface area (Å²) in [5.41, 5.74) is 8.75. The van der Waals surface area contributed by atoms with E-state index in [1.54, 1.807) is 0 Å². The van der Waals surface area contributed by atoms with E-state index in [9.17, 15) is 4.79 Å². The summed E-state index contributed by atoms with van der Waals surface area (Å²) in [5, 5.41) is 2.98. The summed E-state index contributed by atoms with van der Waals surface area (Å²) >= 11 is 0. The van der Waals surface area contributed by atoms with Crippen LogP contribution in [0, 0.1) is 0 Å². The minimum absolute atomic E-state index is 0.0396. The molecule has 1 aromatic carbocycles. The van der Waals surface area contributed by atoms with Gasteiger partial charge in [-0.1, -0.05) is 18.2 Å². The molecular weight excluding hydrogens is 300 g/mol. The molecular formula is C19H24N4O. The third kappa shape index (κ3) is 4.25. The standard InChI is InChI=1S/C19H24N4O/c20-17-6-2-1-5-16(17)7-8-19(24)22-14-15-9-10-21-18(13-15)23-11-3-4-12-23/h1-2,5-6,9-10,13H,3-4,7-8,11-12,14,20H2,(H,22,24). The Balaban J connectivity index is 1.49. The number of para-hydroxylation sites is 1. The van der Waals surface area contributed by atoms with Crippen LogP contribution < -0.4 is 16.0 Å². The van der Waals surface area contributed by atoms with Gasteiger partial charge >= 0.3 is 0 Å². The Hall–Kier alpha value is -2.56. The third-order valence-corrected chi connectivity index (χ3v) is 4.41. The molecule has 1 aliphatic rings. The van der Waals surface area contributed by atoms with Crippen molar-refractivity contribution in [2.45, 2.75) is 32.2 Å². The van der Waals surface area contributed by atoms with Gasteiger partial charge in [-0.15, -0.1) is 0 Å². The van der Waals surface area contributed by atoms with Gasteiger partial charge in [0.25, 0.3) is 0 Å². The lowest BCUT2D eigenvalue weighted by Gasteiger charge is -2.17. The molecule has 3 N–H and O–H groups in total. The first kappa shape index (κ1) is 16.3. The van der Waals surface area contributed by atoms with Crippen molar-refractivity contribution in [3.8, 4) is 0 Å². The van der Waals surface area contributed by atoms with E-state index in [-0.39, 0.29) is 5.91 Å². The summed E-state index contributed by atoms with van der Waals surface area (Å²) in [4.78, 5) is 18.8. The number of anilines is 2. The van der Waals surface area contributed by atoms with Crippen LogP contribution in [-0.2, 0) is 17.8 Å². The number of carbonyl (C=O) groups excluding carboxylic acids is 1. The minimum Gasteiger partial charge on any atom is -0.399 e. The number of amides is 1. The van der Waals surface area contributed by atoms with Crippen molar-refractivity contribution in [2.75, 3.05) is 23.7 Å². The molecule has 1 saturated heterocycles. The Kier molecular flexibility index (Phi) is 5.31. The van der Waals surface area contributed by atoms with Crippen LogP contribution >= 0.6 is 0 Å². The molecule has 5 heteroatoms. The molecule has 1 fully saturated rings. The number of nitrogens with one attached hydrogen (secondary N) is 1. The zero-order valence-corrected chi connectivity index (χ0v) is 13.9. The predicted octanol–water partition coefficient (Wildman–Crippen LogP) is 2.51. The highest BCUT2D eigenvalue weighted by atomic mass is 16.1. The second-order valence-electron chi connectivity index (χ2n) is 6.19. The number of nitrogens with two attached hydrogens (primary N) is 1. The zero-order chi connectivity index (χ0) is 16.8. The van der Waals surface area contributed by atoms with Crippen molar-refractivity contribution in [3.63, 3.8) is 0 Å². The molecule has 1 aromatic heterocycles. The summed E-state index contributed by atoms with van der Waals surface area (Å²) in [6, 6.07) is 11.7. The Morgan fingerprint density at radius 2 is 2.00 bits per heavy atom. The summed E-state index contributed by atoms with van der Waals surface area (Å²) in [5.74, 6) is 1.05. The number of carbonyl (C=O) groups is 1. The second-order valence-corrected chi connectivity index (χ2v) is 6.19. The van der Waals surface area contributed by atoms with E-state index in [1.165, 1.54) is 12.8 Å². The Labute approximate surface area is 142 Å². The van der Waals surface area contributed by atoms with Crippen molar-refractivity contribution in [1.82, 2.24) is 10.3 Å². The van der Waals surface area contributed by atoms with Gasteiger partial charge in [0.1, 0.15) is 5.82 Å². The fraction of sp³-hybridized carbons (Fsp3) is 0.368. The maximum Gasteiger partial charge on any atom is 0.220 e. The van der Waals surface area contributed by atoms with Gasteiger partial charge in [-0.3, -0.25) is 4.79 Å². The van der Waals surface area contributed by atoms with Crippen molar-refractivity contribution in [3.05, 3.63) is 53.7 Å². The van der Waals surface area contributed by atoms with Crippen LogP contribution in [0.25, 0.3) is 0 Å². The number of rotatable bonds is 6. The van der Waals surface area contributed by atoms with Gasteiger partial charge in [-0.05, 0) is 48.6 Å². The Bertz CT molecular complexity index is 695. The Morgan fingerprint density at radius 3 is 2.79 bits per heavy atom. The van der Waals surface area contributed by atoms with E-state index in [1.807, 2.05) is 36.5 Å². The largest absolute Gasteiger partial charge is 0.399 e. The molecule has 3 rings (SSSR count). The zero-order valence-electron chi connectivity index (χ0n) is 13.9. The minimum atomic E-state index is 0.0396. The summed E-state index contributed by atoms with van der Waals surface area (Å²) in [6.45, 7) is 2.68. The summed E-state index contributed by atoms with van der Waals surface area (Å²) < 4.78 is 0. The molecule has 0 bridgehead atoms. The summed E-state index contributed by atoms with van der Waals surface area (Å²) in [6.07, 6.45) is 5.38. The Morgan fingerprint density at radius 1 is 1.21 bits per heavy atom. The van der Waals surface area contributed by atoms with Crippen LogP contribution in [0.3, 0.4) is 0 Å². The first-order valence-electron chi connectivity index (χ1n) is 8.52. The molecule has 1 aliphatic heterocycles. The quantitative estimate of drug-likeness (QED) is 0.801. The van der Waals surface area contributed by atoms with E-state index in [4.69, 9.17) is 5.73 Å². The first-order valence-corrected chi connectivity index (χ1v) is 8.52. The third-order valence-electron chi connectivity index (χ3n) is 4.41. The maximum atomic E-state index is 12.1. The number of hydrogen-bond acceptors (Lipinski definition) is 4. The molecule has 0 spiro atoms. The lowest BCUT2D eigenvalue weighted by Crippen LogP contribution is -2.24. The average Bonchev–Trinajstić information content (AvgIpc) is 3.14. The predicted molar refractivity (Wildman–Crippen MR) is 96.7 cm³/mol. The van der Waals surface area contributed by atoms with Crippen LogP contribution in [0.15, 0.2) is 42.6 Å². The highest BCUT2D eigenvalue weighted by Gasteiger charge is 2.13. The number of benzene rings is 1. The second kappa shape index (κ2) is 7.81. The first-order chi connectivity index (χ1) is 11.7. The van der Waals surface area contributed by atoms with Crippen LogP contribution in [0.2, 0.25) is 0 Å². The van der Waals surface area contributed by atoms with Crippen LogP contribution in [0.4, 0.5) is 11.5 Å². The van der Waals surface area contributed by atoms with Crippen LogP contribution in [0.5, 0.6) is 0 Å². The highest BCUT2D eigenvalue weighted by molar-refractivity contribution is 5.76. The van der Waals surface area contributed by atoms with Crippen molar-refractivity contribution >= 4 is 17.4 Å². The molecule has 2 aromatic rings. The number of pyridine rings is 1. The fourth-order valence-electron chi connectivity index (χ4n) is 2.99. The fourth-order valence-corrected chi connectivity index (χ4v) is 2.99. The molecule has 2 heterocycles. The van der Waals surface area contributed by atoms with Crippen molar-refractivity contribution in [2.24, 2.45) is 0 Å². The van der Waals surface area contributed by atoms with Gasteiger partial charge in [-0.25, -0.2) is 4.98 Å². The summed E-state index contributed by atoms with van der Waals surface area (Å²) in [7, 11) is 0. The molecule has 0 unspecified atom stereocenters. The number of hydrogen-bond donors (Lipinski definition) is 2. The lowest BCUT2D eigenvalue weighted by atomic mass is 10.1. The number of aryl methyl sites for hydroxylation is 1. The highest BCUT2D eigenvalue weighted by Crippen LogP contribution is 2.18. The molecule has 126 valence electrons. The van der Waals surface area contributed by atoms with E-state index < -0.39 is 0 Å². The topological polar surface area (TPSA) is 71.2 Å². The lowest BCUT2D eigenvalue weighted by molar-refractivity contribution is -0.121. The maximum absolute atomic E-state index is 12.1. The van der Waals surface area contributed by atoms with Gasteiger partial charge in [0.15, 0.2) is 0 Å². The number of nitrogen functional groups attached to an aromatic ring is 1. The van der Waals surface area contributed by atoms with Crippen molar-refractivity contribution in [1.29, 1.82) is 0 Å².